The third-order valence-electron chi connectivity index (χ3n) is 5.78. The van der Waals surface area contributed by atoms with Gasteiger partial charge >= 0.3 is 0 Å². The standard InChI is InChI=1S/C25H31N3O2/c1-4-30-25-9-8-19(13-20(25)16-29)14-26-23-6-5-7-24-22(23)15-27-28(24)21-11-17(2)10-18(3)12-21/h8-13,15,23,26,29H,4-7,14,16H2,1-3H3. The second-order valence-electron chi connectivity index (χ2n) is 8.16. The van der Waals surface area contributed by atoms with Crippen molar-refractivity contribution in [3.63, 3.8) is 0 Å². The maximum absolute atomic E-state index is 9.66. The van der Waals surface area contributed by atoms with Crippen molar-refractivity contribution in [2.45, 2.75) is 59.2 Å². The maximum Gasteiger partial charge on any atom is 0.124 e. The van der Waals surface area contributed by atoms with Crippen molar-refractivity contribution >= 4 is 0 Å². The average molecular weight is 406 g/mol. The molecule has 1 heterocycles. The Morgan fingerprint density at radius 1 is 1.17 bits per heavy atom. The van der Waals surface area contributed by atoms with Crippen LogP contribution in [-0.4, -0.2) is 21.5 Å². The van der Waals surface area contributed by atoms with Crippen LogP contribution in [0.15, 0.2) is 42.6 Å². The van der Waals surface area contributed by atoms with Crippen LogP contribution in [0.3, 0.4) is 0 Å². The lowest BCUT2D eigenvalue weighted by molar-refractivity contribution is 0.267. The molecule has 5 heteroatoms. The molecule has 0 aliphatic heterocycles. The van der Waals surface area contributed by atoms with Gasteiger partial charge in [-0.05, 0) is 81.0 Å². The van der Waals surface area contributed by atoms with E-state index in [1.54, 1.807) is 0 Å². The molecular weight excluding hydrogens is 374 g/mol. The van der Waals surface area contributed by atoms with Gasteiger partial charge in [0.1, 0.15) is 5.75 Å². The SMILES string of the molecule is CCOc1ccc(CNC2CCCc3c2cnn3-c2cc(C)cc(C)c2)cc1CO. The van der Waals surface area contributed by atoms with E-state index in [4.69, 9.17) is 9.84 Å². The van der Waals surface area contributed by atoms with Crippen molar-refractivity contribution in [1.82, 2.24) is 15.1 Å². The molecule has 0 amide bonds. The molecule has 30 heavy (non-hydrogen) atoms. The highest BCUT2D eigenvalue weighted by molar-refractivity contribution is 5.42. The number of aromatic nitrogens is 2. The van der Waals surface area contributed by atoms with Crippen LogP contribution in [0.4, 0.5) is 0 Å². The van der Waals surface area contributed by atoms with Gasteiger partial charge in [0.25, 0.3) is 0 Å². The molecule has 0 bridgehead atoms. The Labute approximate surface area is 178 Å². The van der Waals surface area contributed by atoms with Gasteiger partial charge in [0.05, 0.1) is 25.1 Å². The van der Waals surface area contributed by atoms with Gasteiger partial charge in [-0.3, -0.25) is 0 Å². The number of nitrogens with one attached hydrogen (secondary N) is 1. The van der Waals surface area contributed by atoms with Crippen LogP contribution in [0, 0.1) is 13.8 Å². The lowest BCUT2D eigenvalue weighted by Crippen LogP contribution is -2.25. The third-order valence-corrected chi connectivity index (χ3v) is 5.78. The van der Waals surface area contributed by atoms with Gasteiger partial charge in [-0.2, -0.15) is 5.10 Å². The summed E-state index contributed by atoms with van der Waals surface area (Å²) in [7, 11) is 0. The van der Waals surface area contributed by atoms with Gasteiger partial charge in [-0.15, -0.1) is 0 Å². The summed E-state index contributed by atoms with van der Waals surface area (Å²) in [6.07, 6.45) is 5.33. The predicted octanol–water partition coefficient (Wildman–Crippen LogP) is 4.55. The molecule has 1 atom stereocenters. The van der Waals surface area contributed by atoms with E-state index < -0.39 is 0 Å². The lowest BCUT2D eigenvalue weighted by atomic mass is 9.92. The van der Waals surface area contributed by atoms with Gasteiger partial charge in [0.2, 0.25) is 0 Å². The van der Waals surface area contributed by atoms with Crippen LogP contribution in [-0.2, 0) is 19.6 Å². The summed E-state index contributed by atoms with van der Waals surface area (Å²) in [6.45, 7) is 7.55. The summed E-state index contributed by atoms with van der Waals surface area (Å²) in [6, 6.07) is 12.9. The van der Waals surface area contributed by atoms with Crippen molar-refractivity contribution in [3.8, 4) is 11.4 Å². The summed E-state index contributed by atoms with van der Waals surface area (Å²) in [5.74, 6) is 0.762. The van der Waals surface area contributed by atoms with E-state index in [1.807, 2.05) is 25.3 Å². The number of fused-ring (bicyclic) bond motifs is 1. The van der Waals surface area contributed by atoms with E-state index in [0.29, 0.717) is 6.61 Å². The molecule has 0 saturated carbocycles. The Hall–Kier alpha value is -2.63. The first-order chi connectivity index (χ1) is 14.6. The van der Waals surface area contributed by atoms with Gasteiger partial charge < -0.3 is 15.2 Å². The van der Waals surface area contributed by atoms with E-state index >= 15 is 0 Å². The molecule has 1 aromatic heterocycles. The highest BCUT2D eigenvalue weighted by Crippen LogP contribution is 2.32. The van der Waals surface area contributed by atoms with Crippen molar-refractivity contribution < 1.29 is 9.84 Å². The Kier molecular flexibility index (Phi) is 6.21. The molecule has 1 aliphatic carbocycles. The molecule has 1 aliphatic rings. The lowest BCUT2D eigenvalue weighted by Gasteiger charge is -2.25. The molecule has 0 spiro atoms. The second-order valence-corrected chi connectivity index (χ2v) is 8.16. The first-order valence-corrected chi connectivity index (χ1v) is 10.8. The normalized spacial score (nSPS) is 15.8. The zero-order valence-corrected chi connectivity index (χ0v) is 18.1. The van der Waals surface area contributed by atoms with Gasteiger partial charge in [-0.1, -0.05) is 12.1 Å². The Balaban J connectivity index is 1.53. The molecule has 3 aromatic rings. The van der Waals surface area contributed by atoms with Crippen molar-refractivity contribution in [2.75, 3.05) is 6.61 Å². The van der Waals surface area contributed by atoms with E-state index in [0.717, 1.165) is 48.4 Å². The number of aryl methyl sites for hydroxylation is 2. The smallest absolute Gasteiger partial charge is 0.124 e. The molecule has 0 saturated heterocycles. The fourth-order valence-corrected chi connectivity index (χ4v) is 4.47. The highest BCUT2D eigenvalue weighted by atomic mass is 16.5. The van der Waals surface area contributed by atoms with Crippen LogP contribution < -0.4 is 10.1 Å². The van der Waals surface area contributed by atoms with Gasteiger partial charge in [-0.25, -0.2) is 4.68 Å². The van der Waals surface area contributed by atoms with Gasteiger partial charge in [0, 0.05) is 29.4 Å². The third kappa shape index (κ3) is 4.27. The number of ether oxygens (including phenoxy) is 1. The Bertz CT molecular complexity index is 1000. The maximum atomic E-state index is 9.66. The quantitative estimate of drug-likeness (QED) is 0.606. The van der Waals surface area contributed by atoms with Crippen LogP contribution in [0.25, 0.3) is 5.69 Å². The molecule has 4 rings (SSSR count). The van der Waals surface area contributed by atoms with Crippen LogP contribution >= 0.6 is 0 Å². The van der Waals surface area contributed by atoms with Crippen molar-refractivity contribution in [3.05, 3.63) is 76.1 Å². The van der Waals surface area contributed by atoms with Crippen LogP contribution in [0.1, 0.15) is 59.3 Å². The number of nitrogens with zero attached hydrogens (tertiary/aromatic N) is 2. The summed E-state index contributed by atoms with van der Waals surface area (Å²) in [5.41, 5.74) is 8.26. The Morgan fingerprint density at radius 3 is 2.70 bits per heavy atom. The molecular formula is C25H31N3O2. The molecule has 2 N–H and O–H groups in total. The van der Waals surface area contributed by atoms with Crippen LogP contribution in [0.2, 0.25) is 0 Å². The number of aliphatic hydroxyl groups excluding tert-OH is 1. The fourth-order valence-electron chi connectivity index (χ4n) is 4.47. The first kappa shape index (κ1) is 20.6. The number of aliphatic hydroxyl groups is 1. The topological polar surface area (TPSA) is 59.3 Å². The van der Waals surface area contributed by atoms with E-state index in [9.17, 15) is 5.11 Å². The molecule has 1 unspecified atom stereocenters. The largest absolute Gasteiger partial charge is 0.494 e. The zero-order valence-electron chi connectivity index (χ0n) is 18.1. The highest BCUT2D eigenvalue weighted by Gasteiger charge is 2.24. The monoisotopic (exact) mass is 405 g/mol. The molecule has 0 fully saturated rings. The first-order valence-electron chi connectivity index (χ1n) is 10.8. The zero-order chi connectivity index (χ0) is 21.1. The molecule has 158 valence electrons. The summed E-state index contributed by atoms with van der Waals surface area (Å²) in [5, 5.41) is 18.1. The van der Waals surface area contributed by atoms with E-state index in [2.05, 4.69) is 48.1 Å². The summed E-state index contributed by atoms with van der Waals surface area (Å²) < 4.78 is 7.71. The van der Waals surface area contributed by atoms with Crippen molar-refractivity contribution in [2.24, 2.45) is 0 Å². The minimum absolute atomic E-state index is 0.0145. The minimum Gasteiger partial charge on any atom is -0.494 e. The summed E-state index contributed by atoms with van der Waals surface area (Å²) >= 11 is 0. The Morgan fingerprint density at radius 2 is 1.97 bits per heavy atom. The molecule has 5 nitrogen and oxygen atoms in total. The fraction of sp³-hybridized carbons (Fsp3) is 0.400. The second kappa shape index (κ2) is 9.02. The molecule has 0 radical (unpaired) electrons. The number of hydrogen-bond donors (Lipinski definition) is 2. The number of rotatable bonds is 7. The van der Waals surface area contributed by atoms with E-state index in [1.165, 1.54) is 22.4 Å². The van der Waals surface area contributed by atoms with Gasteiger partial charge in [0.15, 0.2) is 0 Å². The number of benzene rings is 2. The van der Waals surface area contributed by atoms with E-state index in [-0.39, 0.29) is 12.6 Å². The molecule has 2 aromatic carbocycles. The van der Waals surface area contributed by atoms with Crippen LogP contribution in [0.5, 0.6) is 5.75 Å². The minimum atomic E-state index is -0.0145. The number of hydrogen-bond acceptors (Lipinski definition) is 4. The average Bonchev–Trinajstić information content (AvgIpc) is 3.17. The predicted molar refractivity (Wildman–Crippen MR) is 119 cm³/mol. The summed E-state index contributed by atoms with van der Waals surface area (Å²) in [4.78, 5) is 0. The van der Waals surface area contributed by atoms with Crippen molar-refractivity contribution in [1.29, 1.82) is 0 Å².